The van der Waals surface area contributed by atoms with E-state index >= 15 is 0 Å². The zero-order chi connectivity index (χ0) is 13.0. The number of aromatic nitrogens is 2. The van der Waals surface area contributed by atoms with Gasteiger partial charge in [0.05, 0.1) is 18.1 Å². The Morgan fingerprint density at radius 2 is 2.22 bits per heavy atom. The van der Waals surface area contributed by atoms with Crippen molar-refractivity contribution < 1.29 is 9.47 Å². The van der Waals surface area contributed by atoms with E-state index in [1.165, 1.54) is 0 Å². The molecule has 1 aromatic carbocycles. The number of hydrogen-bond acceptors (Lipinski definition) is 4. The van der Waals surface area contributed by atoms with E-state index in [-0.39, 0.29) is 0 Å². The first-order valence-electron chi connectivity index (χ1n) is 6.13. The van der Waals surface area contributed by atoms with E-state index in [1.807, 2.05) is 29.7 Å². The largest absolute Gasteiger partial charge is 0.497 e. The fraction of sp³-hybridized carbons (Fsp3) is 0.462. The molecule has 5 nitrogen and oxygen atoms in total. The fourth-order valence-corrected chi connectivity index (χ4v) is 1.95. The Morgan fingerprint density at radius 3 is 2.94 bits per heavy atom. The maximum absolute atomic E-state index is 5.93. The number of methoxy groups -OCH3 is 1. The maximum Gasteiger partial charge on any atom is 0.201 e. The summed E-state index contributed by atoms with van der Waals surface area (Å²) < 4.78 is 12.5. The Kier molecular flexibility index (Phi) is 4.04. The van der Waals surface area contributed by atoms with Gasteiger partial charge in [0.15, 0.2) is 0 Å². The van der Waals surface area contributed by atoms with Crippen LogP contribution >= 0.6 is 0 Å². The number of ether oxygens (including phenoxy) is 2. The molecule has 18 heavy (non-hydrogen) atoms. The molecule has 0 unspecified atom stereocenters. The van der Waals surface area contributed by atoms with E-state index in [9.17, 15) is 0 Å². The van der Waals surface area contributed by atoms with Crippen molar-refractivity contribution in [1.82, 2.24) is 9.55 Å². The molecule has 0 spiro atoms. The summed E-state index contributed by atoms with van der Waals surface area (Å²) in [4.78, 5) is 4.33. The average molecular weight is 249 g/mol. The SMILES string of the molecule is CCOCCCn1c(N)nc2ccc(OC)cc21. The van der Waals surface area contributed by atoms with Crippen LogP contribution in [0.3, 0.4) is 0 Å². The summed E-state index contributed by atoms with van der Waals surface area (Å²) in [5, 5.41) is 0. The first kappa shape index (κ1) is 12.7. The maximum atomic E-state index is 5.93. The predicted molar refractivity (Wildman–Crippen MR) is 71.8 cm³/mol. The van der Waals surface area contributed by atoms with Crippen molar-refractivity contribution in [3.8, 4) is 5.75 Å². The Balaban J connectivity index is 2.22. The van der Waals surface area contributed by atoms with Crippen LogP contribution in [0.1, 0.15) is 13.3 Å². The van der Waals surface area contributed by atoms with Gasteiger partial charge in [-0.25, -0.2) is 4.98 Å². The predicted octanol–water partition coefficient (Wildman–Crippen LogP) is 2.05. The number of imidazole rings is 1. The Hall–Kier alpha value is -1.75. The number of nitrogens with two attached hydrogens (primary N) is 1. The molecular weight excluding hydrogens is 230 g/mol. The summed E-state index contributed by atoms with van der Waals surface area (Å²) in [7, 11) is 1.65. The van der Waals surface area contributed by atoms with Crippen LogP contribution in [-0.4, -0.2) is 29.9 Å². The van der Waals surface area contributed by atoms with Crippen molar-refractivity contribution in [3.63, 3.8) is 0 Å². The summed E-state index contributed by atoms with van der Waals surface area (Å²) in [6, 6.07) is 5.77. The van der Waals surface area contributed by atoms with Gasteiger partial charge in [0, 0.05) is 25.8 Å². The van der Waals surface area contributed by atoms with Crippen LogP contribution in [0, 0.1) is 0 Å². The van der Waals surface area contributed by atoms with Gasteiger partial charge in [0.1, 0.15) is 5.75 Å². The number of anilines is 1. The molecule has 98 valence electrons. The van der Waals surface area contributed by atoms with Gasteiger partial charge in [-0.3, -0.25) is 0 Å². The van der Waals surface area contributed by atoms with Gasteiger partial charge in [0.25, 0.3) is 0 Å². The highest BCUT2D eigenvalue weighted by Gasteiger charge is 2.08. The summed E-state index contributed by atoms with van der Waals surface area (Å²) >= 11 is 0. The molecule has 0 bridgehead atoms. The fourth-order valence-electron chi connectivity index (χ4n) is 1.95. The summed E-state index contributed by atoms with van der Waals surface area (Å²) in [5.41, 5.74) is 7.83. The molecular formula is C13H19N3O2. The normalized spacial score (nSPS) is 11.0. The topological polar surface area (TPSA) is 62.3 Å². The second-order valence-corrected chi connectivity index (χ2v) is 4.03. The first-order valence-corrected chi connectivity index (χ1v) is 6.13. The molecule has 0 aliphatic rings. The smallest absolute Gasteiger partial charge is 0.201 e. The van der Waals surface area contributed by atoms with Crippen LogP contribution in [0.2, 0.25) is 0 Å². The van der Waals surface area contributed by atoms with Crippen molar-refractivity contribution in [1.29, 1.82) is 0 Å². The van der Waals surface area contributed by atoms with Crippen LogP contribution in [0.5, 0.6) is 5.75 Å². The summed E-state index contributed by atoms with van der Waals surface area (Å²) in [6.07, 6.45) is 0.917. The van der Waals surface area contributed by atoms with E-state index in [2.05, 4.69) is 4.98 Å². The molecule has 0 atom stereocenters. The molecule has 0 aliphatic carbocycles. The monoisotopic (exact) mass is 249 g/mol. The van der Waals surface area contributed by atoms with Crippen molar-refractivity contribution in [2.45, 2.75) is 19.9 Å². The number of aryl methyl sites for hydroxylation is 1. The molecule has 0 fully saturated rings. The second kappa shape index (κ2) is 5.73. The van der Waals surface area contributed by atoms with Crippen LogP contribution < -0.4 is 10.5 Å². The number of nitrogen functional groups attached to an aromatic ring is 1. The molecule has 0 saturated heterocycles. The van der Waals surface area contributed by atoms with Gasteiger partial charge in [-0.1, -0.05) is 0 Å². The number of benzene rings is 1. The van der Waals surface area contributed by atoms with Crippen molar-refractivity contribution >= 4 is 17.0 Å². The van der Waals surface area contributed by atoms with Gasteiger partial charge >= 0.3 is 0 Å². The third kappa shape index (κ3) is 2.56. The minimum Gasteiger partial charge on any atom is -0.497 e. The van der Waals surface area contributed by atoms with E-state index < -0.39 is 0 Å². The lowest BCUT2D eigenvalue weighted by Crippen LogP contribution is -2.06. The third-order valence-corrected chi connectivity index (χ3v) is 2.86. The first-order chi connectivity index (χ1) is 8.76. The zero-order valence-corrected chi connectivity index (χ0v) is 10.8. The lowest BCUT2D eigenvalue weighted by atomic mass is 10.3. The van der Waals surface area contributed by atoms with E-state index in [4.69, 9.17) is 15.2 Å². The Morgan fingerprint density at radius 1 is 1.39 bits per heavy atom. The Labute approximate surface area is 107 Å². The number of rotatable bonds is 6. The van der Waals surface area contributed by atoms with Crippen LogP contribution in [0.25, 0.3) is 11.0 Å². The van der Waals surface area contributed by atoms with E-state index in [1.54, 1.807) is 7.11 Å². The van der Waals surface area contributed by atoms with Crippen molar-refractivity contribution in [2.24, 2.45) is 0 Å². The molecule has 1 heterocycles. The number of nitrogens with zero attached hydrogens (tertiary/aromatic N) is 2. The van der Waals surface area contributed by atoms with Crippen LogP contribution in [-0.2, 0) is 11.3 Å². The average Bonchev–Trinajstić information content (AvgIpc) is 2.70. The van der Waals surface area contributed by atoms with Crippen LogP contribution in [0.4, 0.5) is 5.95 Å². The molecule has 0 amide bonds. The quantitative estimate of drug-likeness (QED) is 0.796. The van der Waals surface area contributed by atoms with Crippen molar-refractivity contribution in [3.05, 3.63) is 18.2 Å². The van der Waals surface area contributed by atoms with Gasteiger partial charge < -0.3 is 19.8 Å². The lowest BCUT2D eigenvalue weighted by molar-refractivity contribution is 0.142. The standard InChI is InChI=1S/C13H19N3O2/c1-3-18-8-4-7-16-12-9-10(17-2)5-6-11(12)15-13(16)14/h5-6,9H,3-4,7-8H2,1-2H3,(H2,14,15). The van der Waals surface area contributed by atoms with E-state index in [0.29, 0.717) is 5.95 Å². The summed E-state index contributed by atoms with van der Waals surface area (Å²) in [5.74, 6) is 1.35. The molecule has 2 rings (SSSR count). The van der Waals surface area contributed by atoms with Gasteiger partial charge in [-0.05, 0) is 25.5 Å². The van der Waals surface area contributed by atoms with Gasteiger partial charge in [-0.15, -0.1) is 0 Å². The summed E-state index contributed by atoms with van der Waals surface area (Å²) in [6.45, 7) is 4.27. The third-order valence-electron chi connectivity index (χ3n) is 2.86. The molecule has 2 aromatic rings. The zero-order valence-electron chi connectivity index (χ0n) is 10.8. The molecule has 2 N–H and O–H groups in total. The highest BCUT2D eigenvalue weighted by atomic mass is 16.5. The molecule has 0 radical (unpaired) electrons. The van der Waals surface area contributed by atoms with E-state index in [0.717, 1.165) is 43.0 Å². The highest BCUT2D eigenvalue weighted by molar-refractivity contribution is 5.79. The number of fused-ring (bicyclic) bond motifs is 1. The second-order valence-electron chi connectivity index (χ2n) is 4.03. The molecule has 0 saturated carbocycles. The molecule has 0 aliphatic heterocycles. The highest BCUT2D eigenvalue weighted by Crippen LogP contribution is 2.23. The molecule has 5 heteroatoms. The Bertz CT molecular complexity index is 522. The van der Waals surface area contributed by atoms with Crippen LogP contribution in [0.15, 0.2) is 18.2 Å². The van der Waals surface area contributed by atoms with Gasteiger partial charge in [0.2, 0.25) is 5.95 Å². The minimum absolute atomic E-state index is 0.537. The van der Waals surface area contributed by atoms with Crippen molar-refractivity contribution in [2.75, 3.05) is 26.1 Å². The number of hydrogen-bond donors (Lipinski definition) is 1. The van der Waals surface area contributed by atoms with Gasteiger partial charge in [-0.2, -0.15) is 0 Å². The molecule has 1 aromatic heterocycles. The minimum atomic E-state index is 0.537. The lowest BCUT2D eigenvalue weighted by Gasteiger charge is -2.07.